The van der Waals surface area contributed by atoms with E-state index < -0.39 is 17.6 Å². The van der Waals surface area contributed by atoms with Crippen LogP contribution in [0.15, 0.2) is 30.3 Å². The number of anilines is 2. The molecule has 0 atom stereocenters. The van der Waals surface area contributed by atoms with Gasteiger partial charge in [-0.25, -0.2) is 4.98 Å². The highest BCUT2D eigenvalue weighted by Gasteiger charge is 2.31. The number of benzene rings is 1. The highest BCUT2D eigenvalue weighted by atomic mass is 19.4. The number of rotatable bonds is 3. The van der Waals surface area contributed by atoms with Crippen LogP contribution in [-0.2, 0) is 6.18 Å². The minimum absolute atomic E-state index is 0.396. The zero-order valence-electron chi connectivity index (χ0n) is 15.2. The molecule has 1 aromatic carbocycles. The second-order valence-corrected chi connectivity index (χ2v) is 6.67. The molecule has 0 saturated carbocycles. The molecule has 2 heterocycles. The van der Waals surface area contributed by atoms with Crippen LogP contribution in [0.2, 0.25) is 0 Å². The van der Waals surface area contributed by atoms with Crippen molar-refractivity contribution in [1.29, 1.82) is 0 Å². The topological polar surface area (TPSA) is 62.5 Å². The van der Waals surface area contributed by atoms with E-state index in [2.05, 4.69) is 4.98 Å². The first kappa shape index (κ1) is 19.0. The SMILES string of the molecule is Cc1cc(C)c(C(N)=O)c(N2CCN(c3cccc(C(F)(F)F)c3)CC2)n1. The maximum absolute atomic E-state index is 12.9. The summed E-state index contributed by atoms with van der Waals surface area (Å²) in [5.41, 5.74) is 7.35. The zero-order chi connectivity index (χ0) is 19.8. The highest BCUT2D eigenvalue weighted by molar-refractivity contribution is 5.99. The first-order valence-electron chi connectivity index (χ1n) is 8.62. The number of nitrogens with two attached hydrogens (primary N) is 1. The number of pyridine rings is 1. The third-order valence-electron chi connectivity index (χ3n) is 4.69. The van der Waals surface area contributed by atoms with Crippen LogP contribution in [-0.4, -0.2) is 37.1 Å². The van der Waals surface area contributed by atoms with E-state index in [1.54, 1.807) is 6.07 Å². The van der Waals surface area contributed by atoms with Crippen molar-refractivity contribution in [1.82, 2.24) is 4.98 Å². The van der Waals surface area contributed by atoms with E-state index in [9.17, 15) is 18.0 Å². The van der Waals surface area contributed by atoms with E-state index in [4.69, 9.17) is 5.73 Å². The van der Waals surface area contributed by atoms with Crippen molar-refractivity contribution in [3.05, 3.63) is 52.7 Å². The van der Waals surface area contributed by atoms with Gasteiger partial charge in [0.1, 0.15) is 5.82 Å². The number of hydrogen-bond acceptors (Lipinski definition) is 4. The first-order chi connectivity index (χ1) is 12.7. The number of alkyl halides is 3. The van der Waals surface area contributed by atoms with Gasteiger partial charge in [-0.2, -0.15) is 13.2 Å². The van der Waals surface area contributed by atoms with Gasteiger partial charge in [0.25, 0.3) is 5.91 Å². The molecule has 0 aliphatic carbocycles. The summed E-state index contributed by atoms with van der Waals surface area (Å²) in [6, 6.07) is 7.14. The number of amides is 1. The third-order valence-corrected chi connectivity index (χ3v) is 4.69. The average molecular weight is 378 g/mol. The summed E-state index contributed by atoms with van der Waals surface area (Å²) in [7, 11) is 0. The Morgan fingerprint density at radius 3 is 2.30 bits per heavy atom. The second kappa shape index (κ2) is 7.09. The first-order valence-corrected chi connectivity index (χ1v) is 8.62. The fraction of sp³-hybridized carbons (Fsp3) is 0.368. The maximum Gasteiger partial charge on any atom is 0.416 e. The minimum Gasteiger partial charge on any atom is -0.368 e. The van der Waals surface area contributed by atoms with Crippen molar-refractivity contribution in [3.63, 3.8) is 0 Å². The fourth-order valence-electron chi connectivity index (χ4n) is 3.41. The molecule has 1 saturated heterocycles. The molecular formula is C19H21F3N4O. The van der Waals surface area contributed by atoms with Gasteiger partial charge in [-0.15, -0.1) is 0 Å². The van der Waals surface area contributed by atoms with E-state index in [1.165, 1.54) is 12.1 Å². The summed E-state index contributed by atoms with van der Waals surface area (Å²) >= 11 is 0. The molecule has 5 nitrogen and oxygen atoms in total. The van der Waals surface area contributed by atoms with Gasteiger partial charge in [-0.1, -0.05) is 6.07 Å². The Balaban J connectivity index is 1.80. The largest absolute Gasteiger partial charge is 0.416 e. The van der Waals surface area contributed by atoms with Crippen molar-refractivity contribution in [2.45, 2.75) is 20.0 Å². The Hall–Kier alpha value is -2.77. The Labute approximate surface area is 155 Å². The number of carbonyl (C=O) groups is 1. The Bertz CT molecular complexity index is 859. The molecule has 1 fully saturated rings. The van der Waals surface area contributed by atoms with Gasteiger partial charge >= 0.3 is 6.18 Å². The molecule has 2 N–H and O–H groups in total. The third kappa shape index (κ3) is 3.99. The average Bonchev–Trinajstić information content (AvgIpc) is 2.60. The van der Waals surface area contributed by atoms with Crippen LogP contribution in [0.25, 0.3) is 0 Å². The normalized spacial score (nSPS) is 15.1. The molecule has 1 aromatic heterocycles. The fourth-order valence-corrected chi connectivity index (χ4v) is 3.41. The number of aryl methyl sites for hydroxylation is 2. The van der Waals surface area contributed by atoms with Gasteiger partial charge in [0.2, 0.25) is 0 Å². The lowest BCUT2D eigenvalue weighted by Crippen LogP contribution is -2.47. The zero-order valence-corrected chi connectivity index (χ0v) is 15.2. The van der Waals surface area contributed by atoms with E-state index in [-0.39, 0.29) is 0 Å². The molecule has 1 amide bonds. The molecule has 0 unspecified atom stereocenters. The van der Waals surface area contributed by atoms with Gasteiger partial charge in [0, 0.05) is 37.6 Å². The molecule has 0 spiro atoms. The van der Waals surface area contributed by atoms with Crippen molar-refractivity contribution in [2.75, 3.05) is 36.0 Å². The summed E-state index contributed by atoms with van der Waals surface area (Å²) in [5, 5.41) is 0. The summed E-state index contributed by atoms with van der Waals surface area (Å²) in [4.78, 5) is 20.2. The summed E-state index contributed by atoms with van der Waals surface area (Å²) in [6.45, 7) is 5.78. The molecule has 0 radical (unpaired) electrons. The van der Waals surface area contributed by atoms with Crippen LogP contribution < -0.4 is 15.5 Å². The Kier molecular flexibility index (Phi) is 4.99. The Morgan fingerprint density at radius 2 is 1.70 bits per heavy atom. The maximum atomic E-state index is 12.9. The van der Waals surface area contributed by atoms with Crippen LogP contribution in [0.5, 0.6) is 0 Å². The number of carbonyl (C=O) groups excluding carboxylic acids is 1. The van der Waals surface area contributed by atoms with Gasteiger partial charge < -0.3 is 15.5 Å². The molecule has 3 rings (SSSR count). The van der Waals surface area contributed by atoms with Crippen LogP contribution in [0, 0.1) is 13.8 Å². The van der Waals surface area contributed by atoms with E-state index in [0.29, 0.717) is 43.2 Å². The van der Waals surface area contributed by atoms with E-state index in [0.717, 1.165) is 17.3 Å². The number of halogens is 3. The van der Waals surface area contributed by atoms with Crippen LogP contribution >= 0.6 is 0 Å². The van der Waals surface area contributed by atoms with Crippen LogP contribution in [0.4, 0.5) is 24.7 Å². The predicted molar refractivity (Wildman–Crippen MR) is 98.1 cm³/mol. The molecule has 1 aliphatic heterocycles. The van der Waals surface area contributed by atoms with E-state index in [1.807, 2.05) is 29.7 Å². The smallest absolute Gasteiger partial charge is 0.368 e. The summed E-state index contributed by atoms with van der Waals surface area (Å²) in [6.07, 6.45) is -4.36. The summed E-state index contributed by atoms with van der Waals surface area (Å²) < 4.78 is 38.8. The van der Waals surface area contributed by atoms with Gasteiger partial charge in [0.15, 0.2) is 0 Å². The van der Waals surface area contributed by atoms with Crippen molar-refractivity contribution in [2.24, 2.45) is 5.73 Å². The van der Waals surface area contributed by atoms with Gasteiger partial charge in [-0.05, 0) is 43.7 Å². The Morgan fingerprint density at radius 1 is 1.07 bits per heavy atom. The standard InChI is InChI=1S/C19H21F3N4O/c1-12-10-13(2)24-18(16(12)17(23)27)26-8-6-25(7-9-26)15-5-3-4-14(11-15)19(20,21)22/h3-5,10-11H,6-9H2,1-2H3,(H2,23,27). The number of hydrogen-bond donors (Lipinski definition) is 1. The van der Waals surface area contributed by atoms with Crippen LogP contribution in [0.1, 0.15) is 27.2 Å². The number of piperazine rings is 1. The second-order valence-electron chi connectivity index (χ2n) is 6.67. The van der Waals surface area contributed by atoms with E-state index >= 15 is 0 Å². The number of nitrogens with zero attached hydrogens (tertiary/aromatic N) is 3. The monoisotopic (exact) mass is 378 g/mol. The highest BCUT2D eigenvalue weighted by Crippen LogP contribution is 2.32. The van der Waals surface area contributed by atoms with Crippen LogP contribution in [0.3, 0.4) is 0 Å². The quantitative estimate of drug-likeness (QED) is 0.891. The van der Waals surface area contributed by atoms with Gasteiger partial charge in [0.05, 0.1) is 11.1 Å². The number of aromatic nitrogens is 1. The lowest BCUT2D eigenvalue weighted by Gasteiger charge is -2.37. The number of primary amides is 1. The van der Waals surface area contributed by atoms with Crippen molar-refractivity contribution < 1.29 is 18.0 Å². The molecular weight excluding hydrogens is 357 g/mol. The molecule has 2 aromatic rings. The minimum atomic E-state index is -4.36. The van der Waals surface area contributed by atoms with Crippen molar-refractivity contribution in [3.8, 4) is 0 Å². The molecule has 8 heteroatoms. The van der Waals surface area contributed by atoms with Gasteiger partial charge in [-0.3, -0.25) is 4.79 Å². The lowest BCUT2D eigenvalue weighted by molar-refractivity contribution is -0.137. The molecule has 0 bridgehead atoms. The predicted octanol–water partition coefficient (Wildman–Crippen LogP) is 3.14. The summed E-state index contributed by atoms with van der Waals surface area (Å²) in [5.74, 6) is 0.0130. The molecule has 27 heavy (non-hydrogen) atoms. The van der Waals surface area contributed by atoms with Crippen molar-refractivity contribution >= 4 is 17.4 Å². The molecule has 144 valence electrons. The lowest BCUT2D eigenvalue weighted by atomic mass is 10.1. The molecule has 1 aliphatic rings.